The van der Waals surface area contributed by atoms with Crippen LogP contribution in [-0.4, -0.2) is 54.5 Å². The summed E-state index contributed by atoms with van der Waals surface area (Å²) in [5.74, 6) is 0.632. The number of carbonyl (C=O) groups excluding carboxylic acids is 2. The van der Waals surface area contributed by atoms with Gasteiger partial charge in [-0.25, -0.2) is 0 Å². The zero-order chi connectivity index (χ0) is 17.6. The summed E-state index contributed by atoms with van der Waals surface area (Å²) >= 11 is 0. The number of allylic oxidation sites excluding steroid dienone is 1. The van der Waals surface area contributed by atoms with Gasteiger partial charge in [-0.15, -0.1) is 0 Å². The molecule has 1 aromatic carbocycles. The summed E-state index contributed by atoms with van der Waals surface area (Å²) in [4.78, 5) is 32.7. The molecule has 4 rings (SSSR count). The lowest BCUT2D eigenvalue weighted by molar-refractivity contribution is -0.129. The van der Waals surface area contributed by atoms with E-state index in [0.29, 0.717) is 11.5 Å². The Bertz CT molecular complexity index is 831. The van der Waals surface area contributed by atoms with E-state index in [9.17, 15) is 9.59 Å². The van der Waals surface area contributed by atoms with E-state index in [-0.39, 0.29) is 11.8 Å². The summed E-state index contributed by atoms with van der Waals surface area (Å²) < 4.78 is 0. The van der Waals surface area contributed by atoms with Crippen molar-refractivity contribution in [2.24, 2.45) is 10.9 Å². The van der Waals surface area contributed by atoms with Crippen molar-refractivity contribution in [2.45, 2.75) is 18.9 Å². The highest BCUT2D eigenvalue weighted by molar-refractivity contribution is 6.04. The normalized spacial score (nSPS) is 21.8. The zero-order valence-corrected chi connectivity index (χ0v) is 14.5. The molecule has 1 saturated carbocycles. The SMILES string of the molecule is CN(C)C(=O)c1cccc(C2=CN(CC3CC3)C(=O)C3N=CC=C23)c1. The Morgan fingerprint density at radius 2 is 2.12 bits per heavy atom. The first-order chi connectivity index (χ1) is 12.0. The van der Waals surface area contributed by atoms with E-state index < -0.39 is 6.04 Å². The van der Waals surface area contributed by atoms with Crippen molar-refractivity contribution < 1.29 is 9.59 Å². The second-order valence-electron chi connectivity index (χ2n) is 7.08. The average Bonchev–Trinajstić information content (AvgIpc) is 3.29. The van der Waals surface area contributed by atoms with Crippen molar-refractivity contribution in [3.05, 3.63) is 53.2 Å². The fraction of sp³-hybridized carbons (Fsp3) is 0.350. The molecule has 3 aliphatic rings. The maximum Gasteiger partial charge on any atom is 0.255 e. The molecule has 25 heavy (non-hydrogen) atoms. The number of nitrogens with zero attached hydrogens (tertiary/aromatic N) is 3. The summed E-state index contributed by atoms with van der Waals surface area (Å²) in [7, 11) is 3.49. The van der Waals surface area contributed by atoms with Crippen LogP contribution < -0.4 is 0 Å². The van der Waals surface area contributed by atoms with E-state index in [1.807, 2.05) is 41.4 Å². The van der Waals surface area contributed by atoms with Crippen molar-refractivity contribution >= 4 is 23.6 Å². The molecule has 1 unspecified atom stereocenters. The van der Waals surface area contributed by atoms with Crippen molar-refractivity contribution in [3.8, 4) is 0 Å². The Morgan fingerprint density at radius 1 is 1.32 bits per heavy atom. The van der Waals surface area contributed by atoms with Crippen LogP contribution in [0, 0.1) is 5.92 Å². The Morgan fingerprint density at radius 3 is 2.84 bits per heavy atom. The van der Waals surface area contributed by atoms with E-state index in [2.05, 4.69) is 4.99 Å². The summed E-state index contributed by atoms with van der Waals surface area (Å²) in [6, 6.07) is 7.15. The van der Waals surface area contributed by atoms with E-state index in [0.717, 1.165) is 23.3 Å². The van der Waals surface area contributed by atoms with Crippen molar-refractivity contribution in [2.75, 3.05) is 20.6 Å². The third-order valence-corrected chi connectivity index (χ3v) is 4.88. The lowest BCUT2D eigenvalue weighted by Gasteiger charge is -2.30. The maximum atomic E-state index is 12.7. The second kappa shape index (κ2) is 5.99. The predicted octanol–water partition coefficient (Wildman–Crippen LogP) is 2.36. The van der Waals surface area contributed by atoms with Crippen LogP contribution in [-0.2, 0) is 4.79 Å². The van der Waals surface area contributed by atoms with Crippen LogP contribution in [0.15, 0.2) is 47.1 Å². The van der Waals surface area contributed by atoms with Gasteiger partial charge in [-0.1, -0.05) is 12.1 Å². The smallest absolute Gasteiger partial charge is 0.255 e. The van der Waals surface area contributed by atoms with Gasteiger partial charge in [0.15, 0.2) is 6.04 Å². The second-order valence-corrected chi connectivity index (χ2v) is 7.08. The van der Waals surface area contributed by atoms with E-state index in [1.54, 1.807) is 25.2 Å². The monoisotopic (exact) mass is 335 g/mol. The van der Waals surface area contributed by atoms with Gasteiger partial charge in [0.1, 0.15) is 0 Å². The molecule has 1 fully saturated rings. The van der Waals surface area contributed by atoms with Gasteiger partial charge >= 0.3 is 0 Å². The molecule has 0 saturated heterocycles. The summed E-state index contributed by atoms with van der Waals surface area (Å²) in [5.41, 5.74) is 3.50. The minimum atomic E-state index is -0.438. The molecule has 2 heterocycles. The number of carbonyl (C=O) groups is 2. The van der Waals surface area contributed by atoms with Crippen LogP contribution in [0.5, 0.6) is 0 Å². The molecule has 0 bridgehead atoms. The van der Waals surface area contributed by atoms with Crippen molar-refractivity contribution in [1.29, 1.82) is 0 Å². The topological polar surface area (TPSA) is 53.0 Å². The highest BCUT2D eigenvalue weighted by atomic mass is 16.2. The number of hydrogen-bond donors (Lipinski definition) is 0. The van der Waals surface area contributed by atoms with Gasteiger partial charge in [0, 0.05) is 44.2 Å². The largest absolute Gasteiger partial charge is 0.345 e. The molecule has 0 spiro atoms. The van der Waals surface area contributed by atoms with Gasteiger partial charge in [0.2, 0.25) is 0 Å². The van der Waals surface area contributed by atoms with E-state index in [1.165, 1.54) is 12.8 Å². The predicted molar refractivity (Wildman–Crippen MR) is 97.2 cm³/mol. The zero-order valence-electron chi connectivity index (χ0n) is 14.5. The van der Waals surface area contributed by atoms with Crippen LogP contribution in [0.4, 0.5) is 0 Å². The molecule has 0 radical (unpaired) electrons. The lowest BCUT2D eigenvalue weighted by Crippen LogP contribution is -2.40. The first-order valence-electron chi connectivity index (χ1n) is 8.62. The van der Waals surface area contributed by atoms with Gasteiger partial charge in [0.25, 0.3) is 11.8 Å². The third kappa shape index (κ3) is 2.90. The molecular weight excluding hydrogens is 314 g/mol. The van der Waals surface area contributed by atoms with Gasteiger partial charge < -0.3 is 9.80 Å². The van der Waals surface area contributed by atoms with Gasteiger partial charge in [-0.2, -0.15) is 0 Å². The molecule has 128 valence electrons. The van der Waals surface area contributed by atoms with Crippen LogP contribution in [0.2, 0.25) is 0 Å². The van der Waals surface area contributed by atoms with E-state index >= 15 is 0 Å². The van der Waals surface area contributed by atoms with Crippen LogP contribution >= 0.6 is 0 Å². The highest BCUT2D eigenvalue weighted by Crippen LogP contribution is 2.37. The number of aliphatic imine (C=N–C) groups is 1. The molecule has 1 aromatic rings. The first kappa shape index (κ1) is 15.8. The van der Waals surface area contributed by atoms with Gasteiger partial charge in [-0.3, -0.25) is 14.6 Å². The third-order valence-electron chi connectivity index (χ3n) is 4.88. The number of rotatable bonds is 4. The molecule has 2 aliphatic heterocycles. The number of fused-ring (bicyclic) bond motifs is 1. The molecule has 1 aliphatic carbocycles. The maximum absolute atomic E-state index is 12.7. The summed E-state index contributed by atoms with van der Waals surface area (Å²) in [5, 5.41) is 0. The van der Waals surface area contributed by atoms with Crippen LogP contribution in [0.1, 0.15) is 28.8 Å². The van der Waals surface area contributed by atoms with Crippen molar-refractivity contribution in [1.82, 2.24) is 9.80 Å². The molecule has 1 atom stereocenters. The number of benzene rings is 1. The Labute approximate surface area is 147 Å². The highest BCUT2D eigenvalue weighted by Gasteiger charge is 2.37. The minimum absolute atomic E-state index is 0.0302. The van der Waals surface area contributed by atoms with Gasteiger partial charge in [0.05, 0.1) is 0 Å². The van der Waals surface area contributed by atoms with E-state index in [4.69, 9.17) is 0 Å². The number of hydrogen-bond acceptors (Lipinski definition) is 3. The lowest BCUT2D eigenvalue weighted by atomic mass is 9.90. The number of amides is 2. The van der Waals surface area contributed by atoms with Gasteiger partial charge in [-0.05, 0) is 48.1 Å². The first-order valence-corrected chi connectivity index (χ1v) is 8.62. The minimum Gasteiger partial charge on any atom is -0.345 e. The molecule has 2 amide bonds. The molecule has 0 N–H and O–H groups in total. The molecule has 5 nitrogen and oxygen atoms in total. The van der Waals surface area contributed by atoms with Crippen molar-refractivity contribution in [3.63, 3.8) is 0 Å². The fourth-order valence-corrected chi connectivity index (χ4v) is 3.31. The standard InChI is InChI=1S/C20H21N3O2/c1-22(2)19(24)15-5-3-4-14(10-15)17-12-23(11-13-6-7-13)20(25)18-16(17)8-9-21-18/h3-5,8-10,12-13,18H,6-7,11H2,1-2H3. The summed E-state index contributed by atoms with van der Waals surface area (Å²) in [6.07, 6.45) is 7.94. The fourth-order valence-electron chi connectivity index (χ4n) is 3.31. The average molecular weight is 335 g/mol. The molecular formula is C20H21N3O2. The quantitative estimate of drug-likeness (QED) is 0.848. The summed E-state index contributed by atoms with van der Waals surface area (Å²) in [6.45, 7) is 0.762. The van der Waals surface area contributed by atoms with Crippen LogP contribution in [0.3, 0.4) is 0 Å². The Balaban J connectivity index is 1.73. The van der Waals surface area contributed by atoms with Crippen LogP contribution in [0.25, 0.3) is 5.57 Å². The molecule has 0 aromatic heterocycles. The Kier molecular flexibility index (Phi) is 3.79. The Hall–Kier alpha value is -2.69. The molecule has 5 heteroatoms.